The summed E-state index contributed by atoms with van der Waals surface area (Å²) in [6.07, 6.45) is -7.28. The first kappa shape index (κ1) is 14.6. The average molecular weight is 286 g/mol. The monoisotopic (exact) mass is 286 g/mol. The van der Waals surface area contributed by atoms with Crippen LogP contribution < -0.4 is 4.74 Å². The van der Waals surface area contributed by atoms with Gasteiger partial charge in [-0.2, -0.15) is 13.2 Å². The topological polar surface area (TPSA) is 49.7 Å². The van der Waals surface area contributed by atoms with Gasteiger partial charge in [-0.15, -0.1) is 0 Å². The Kier molecular flexibility index (Phi) is 4.15. The number of ether oxygens (including phenoxy) is 1. The molecule has 2 rings (SSSR count). The van der Waals surface area contributed by atoms with Gasteiger partial charge < -0.3 is 14.9 Å². The first-order valence-electron chi connectivity index (χ1n) is 5.92. The molecule has 0 aliphatic carbocycles. The number of aliphatic hydroxyl groups excluding tert-OH is 2. The molecular formula is C14H13F3O3. The molecule has 0 spiro atoms. The van der Waals surface area contributed by atoms with Gasteiger partial charge >= 0.3 is 6.18 Å². The zero-order valence-electron chi connectivity index (χ0n) is 10.4. The summed E-state index contributed by atoms with van der Waals surface area (Å²) >= 11 is 0. The first-order chi connectivity index (χ1) is 9.43. The molecule has 1 atom stereocenters. The minimum Gasteiger partial charge on any atom is -0.490 e. The number of hydrogen-bond acceptors (Lipinski definition) is 3. The third-order valence-electron chi connectivity index (χ3n) is 2.93. The summed E-state index contributed by atoms with van der Waals surface area (Å²) < 4.78 is 41.6. The fraction of sp³-hybridized carbons (Fsp3) is 0.286. The number of benzene rings is 2. The van der Waals surface area contributed by atoms with Crippen molar-refractivity contribution in [3.05, 3.63) is 42.0 Å². The molecule has 0 saturated heterocycles. The lowest BCUT2D eigenvalue weighted by Gasteiger charge is -2.17. The van der Waals surface area contributed by atoms with Crippen molar-refractivity contribution >= 4 is 10.8 Å². The molecule has 0 aromatic heterocycles. The number of fused-ring (bicyclic) bond motifs is 1. The molecule has 0 heterocycles. The number of rotatable bonds is 4. The van der Waals surface area contributed by atoms with Crippen LogP contribution in [0.2, 0.25) is 0 Å². The lowest BCUT2D eigenvalue weighted by Crippen LogP contribution is -2.34. The number of halogens is 3. The van der Waals surface area contributed by atoms with Gasteiger partial charge in [0, 0.05) is 5.56 Å². The molecule has 3 nitrogen and oxygen atoms in total. The molecule has 0 aliphatic heterocycles. The summed E-state index contributed by atoms with van der Waals surface area (Å²) in [5.74, 6) is 0.134. The van der Waals surface area contributed by atoms with Crippen molar-refractivity contribution < 1.29 is 28.1 Å². The molecule has 0 radical (unpaired) electrons. The van der Waals surface area contributed by atoms with Crippen LogP contribution in [0.25, 0.3) is 10.8 Å². The van der Waals surface area contributed by atoms with Crippen molar-refractivity contribution in [3.63, 3.8) is 0 Å². The molecular weight excluding hydrogens is 273 g/mol. The van der Waals surface area contributed by atoms with Gasteiger partial charge in [0.25, 0.3) is 0 Å². The maximum atomic E-state index is 12.2. The van der Waals surface area contributed by atoms with Gasteiger partial charge in [0.2, 0.25) is 0 Å². The van der Waals surface area contributed by atoms with E-state index in [0.717, 1.165) is 5.39 Å². The van der Waals surface area contributed by atoms with Crippen LogP contribution >= 0.6 is 0 Å². The highest BCUT2D eigenvalue weighted by Gasteiger charge is 2.38. The van der Waals surface area contributed by atoms with Gasteiger partial charge in [0.05, 0.1) is 6.61 Å². The molecule has 2 N–H and O–H groups in total. The summed E-state index contributed by atoms with van der Waals surface area (Å²) in [6, 6.07) is 10.3. The van der Waals surface area contributed by atoms with Gasteiger partial charge in [0.15, 0.2) is 6.10 Å². The zero-order chi connectivity index (χ0) is 14.8. The number of aliphatic hydroxyl groups is 2. The van der Waals surface area contributed by atoms with E-state index in [1.807, 2.05) is 12.1 Å². The third-order valence-corrected chi connectivity index (χ3v) is 2.93. The van der Waals surface area contributed by atoms with Crippen LogP contribution in [0, 0.1) is 0 Å². The highest BCUT2D eigenvalue weighted by atomic mass is 19.4. The minimum absolute atomic E-state index is 0.134. The standard InChI is InChI=1S/C14H13F3O3/c15-14(16,17)13(19)8-20-12-6-5-9-3-1-2-4-10(9)11(12)7-18/h1-6,13,18-19H,7-8H2. The Morgan fingerprint density at radius 2 is 1.80 bits per heavy atom. The predicted octanol–water partition coefficient (Wildman–Crippen LogP) is 2.63. The van der Waals surface area contributed by atoms with E-state index in [4.69, 9.17) is 9.84 Å². The summed E-state index contributed by atoms with van der Waals surface area (Å²) in [5, 5.41) is 19.8. The van der Waals surface area contributed by atoms with E-state index in [1.54, 1.807) is 18.2 Å². The van der Waals surface area contributed by atoms with E-state index in [2.05, 4.69) is 0 Å². The smallest absolute Gasteiger partial charge is 0.417 e. The molecule has 2 aromatic carbocycles. The fourth-order valence-electron chi connectivity index (χ4n) is 1.88. The minimum atomic E-state index is -4.73. The van der Waals surface area contributed by atoms with Crippen molar-refractivity contribution in [1.82, 2.24) is 0 Å². The van der Waals surface area contributed by atoms with Gasteiger partial charge in [-0.1, -0.05) is 30.3 Å². The van der Waals surface area contributed by atoms with Crippen LogP contribution in [0.1, 0.15) is 5.56 Å². The number of alkyl halides is 3. The second-order valence-electron chi connectivity index (χ2n) is 4.29. The van der Waals surface area contributed by atoms with Gasteiger partial charge in [0.1, 0.15) is 12.4 Å². The Hall–Kier alpha value is -1.79. The van der Waals surface area contributed by atoms with Crippen molar-refractivity contribution in [1.29, 1.82) is 0 Å². The summed E-state index contributed by atoms with van der Waals surface area (Å²) in [4.78, 5) is 0. The molecule has 20 heavy (non-hydrogen) atoms. The van der Waals surface area contributed by atoms with Crippen LogP contribution in [0.15, 0.2) is 36.4 Å². The summed E-state index contributed by atoms with van der Waals surface area (Å²) in [7, 11) is 0. The Bertz CT molecular complexity index is 596. The van der Waals surface area contributed by atoms with Crippen LogP contribution in [0.5, 0.6) is 5.75 Å². The van der Waals surface area contributed by atoms with E-state index >= 15 is 0 Å². The lowest BCUT2D eigenvalue weighted by atomic mass is 10.0. The van der Waals surface area contributed by atoms with Crippen LogP contribution in [-0.2, 0) is 6.61 Å². The Morgan fingerprint density at radius 1 is 1.10 bits per heavy atom. The number of hydrogen-bond donors (Lipinski definition) is 2. The van der Waals surface area contributed by atoms with Crippen molar-refractivity contribution in [2.75, 3.05) is 6.61 Å². The maximum Gasteiger partial charge on any atom is 0.417 e. The molecule has 108 valence electrons. The molecule has 0 saturated carbocycles. The van der Waals surface area contributed by atoms with Crippen LogP contribution in [0.3, 0.4) is 0 Å². The lowest BCUT2D eigenvalue weighted by molar-refractivity contribution is -0.210. The predicted molar refractivity (Wildman–Crippen MR) is 67.4 cm³/mol. The van der Waals surface area contributed by atoms with E-state index in [1.165, 1.54) is 6.07 Å². The van der Waals surface area contributed by atoms with Crippen molar-refractivity contribution in [2.45, 2.75) is 18.9 Å². The highest BCUT2D eigenvalue weighted by Crippen LogP contribution is 2.29. The van der Waals surface area contributed by atoms with Gasteiger partial charge in [-0.05, 0) is 16.8 Å². The SMILES string of the molecule is OCc1c(OCC(O)C(F)(F)F)ccc2ccccc12. The molecule has 0 bridgehead atoms. The Morgan fingerprint density at radius 3 is 2.45 bits per heavy atom. The molecule has 0 amide bonds. The van der Waals surface area contributed by atoms with E-state index in [-0.39, 0.29) is 12.4 Å². The summed E-state index contributed by atoms with van der Waals surface area (Å²) in [5.41, 5.74) is 0.400. The Balaban J connectivity index is 2.26. The summed E-state index contributed by atoms with van der Waals surface area (Å²) in [6.45, 7) is -1.27. The molecule has 0 fully saturated rings. The highest BCUT2D eigenvalue weighted by molar-refractivity contribution is 5.87. The van der Waals surface area contributed by atoms with Crippen molar-refractivity contribution in [3.8, 4) is 5.75 Å². The molecule has 0 aliphatic rings. The quantitative estimate of drug-likeness (QED) is 0.908. The normalized spacial score (nSPS) is 13.4. The van der Waals surface area contributed by atoms with Gasteiger partial charge in [-0.3, -0.25) is 0 Å². The Labute approximate surface area is 113 Å². The maximum absolute atomic E-state index is 12.2. The third kappa shape index (κ3) is 3.02. The van der Waals surface area contributed by atoms with Crippen LogP contribution in [0.4, 0.5) is 13.2 Å². The molecule has 2 aromatic rings. The average Bonchev–Trinajstić information content (AvgIpc) is 2.42. The molecule has 1 unspecified atom stereocenters. The zero-order valence-corrected chi connectivity index (χ0v) is 10.4. The van der Waals surface area contributed by atoms with Crippen molar-refractivity contribution in [2.24, 2.45) is 0 Å². The second kappa shape index (κ2) is 5.68. The van der Waals surface area contributed by atoms with Crippen LogP contribution in [-0.4, -0.2) is 29.1 Å². The van der Waals surface area contributed by atoms with Gasteiger partial charge in [-0.25, -0.2) is 0 Å². The first-order valence-corrected chi connectivity index (χ1v) is 5.92. The van der Waals surface area contributed by atoms with E-state index < -0.39 is 18.9 Å². The van der Waals surface area contributed by atoms with E-state index in [0.29, 0.717) is 10.9 Å². The molecule has 6 heteroatoms. The largest absolute Gasteiger partial charge is 0.490 e. The second-order valence-corrected chi connectivity index (χ2v) is 4.29. The van der Waals surface area contributed by atoms with E-state index in [9.17, 15) is 18.3 Å². The fourth-order valence-corrected chi connectivity index (χ4v) is 1.88.